The van der Waals surface area contributed by atoms with Crippen molar-refractivity contribution < 1.29 is 4.74 Å². The standard InChI is InChI=1S/C18H27N5O/c1-21(2)11-12-23-10-9-16-18(19-20-22(16)3)17(23)14-24-13-15-7-5-4-6-8-15/h4-8,17H,9-14H2,1-3H3/t17-/m1/s1. The Balaban J connectivity index is 1.67. The molecule has 0 aliphatic carbocycles. The summed E-state index contributed by atoms with van der Waals surface area (Å²) in [4.78, 5) is 4.69. The van der Waals surface area contributed by atoms with Gasteiger partial charge in [-0.05, 0) is 19.7 Å². The number of aryl methyl sites for hydroxylation is 1. The number of hydrogen-bond acceptors (Lipinski definition) is 5. The first-order chi connectivity index (χ1) is 11.6. The molecule has 3 rings (SSSR count). The largest absolute Gasteiger partial charge is 0.375 e. The Morgan fingerprint density at radius 2 is 2.04 bits per heavy atom. The number of ether oxygens (including phenoxy) is 1. The van der Waals surface area contributed by atoms with Crippen LogP contribution >= 0.6 is 0 Å². The monoisotopic (exact) mass is 329 g/mol. The van der Waals surface area contributed by atoms with Crippen LogP contribution in [0.4, 0.5) is 0 Å². The molecule has 6 nitrogen and oxygen atoms in total. The van der Waals surface area contributed by atoms with E-state index in [1.807, 2.05) is 29.9 Å². The van der Waals surface area contributed by atoms with E-state index in [1.165, 1.54) is 11.3 Å². The Kier molecular flexibility index (Phi) is 5.60. The molecule has 0 amide bonds. The van der Waals surface area contributed by atoms with Crippen LogP contribution in [-0.2, 0) is 24.8 Å². The number of likely N-dealkylation sites (N-methyl/N-ethyl adjacent to an activating group) is 1. The molecule has 1 atom stereocenters. The molecule has 1 aliphatic heterocycles. The van der Waals surface area contributed by atoms with Gasteiger partial charge in [-0.15, -0.1) is 5.10 Å². The summed E-state index contributed by atoms with van der Waals surface area (Å²) >= 11 is 0. The second kappa shape index (κ2) is 7.88. The molecular weight excluding hydrogens is 302 g/mol. The Morgan fingerprint density at radius 1 is 1.25 bits per heavy atom. The van der Waals surface area contributed by atoms with E-state index in [1.54, 1.807) is 0 Å². The second-order valence-electron chi connectivity index (χ2n) is 6.65. The number of aromatic nitrogens is 3. The summed E-state index contributed by atoms with van der Waals surface area (Å²) in [5.41, 5.74) is 3.52. The smallest absolute Gasteiger partial charge is 0.105 e. The fourth-order valence-electron chi connectivity index (χ4n) is 3.16. The first-order valence-corrected chi connectivity index (χ1v) is 8.54. The number of benzene rings is 1. The van der Waals surface area contributed by atoms with Crippen molar-refractivity contribution >= 4 is 0 Å². The lowest BCUT2D eigenvalue weighted by Crippen LogP contribution is -2.41. The topological polar surface area (TPSA) is 46.4 Å². The fourth-order valence-corrected chi connectivity index (χ4v) is 3.16. The highest BCUT2D eigenvalue weighted by atomic mass is 16.5. The third-order valence-corrected chi connectivity index (χ3v) is 4.59. The van der Waals surface area contributed by atoms with E-state index < -0.39 is 0 Å². The highest BCUT2D eigenvalue weighted by molar-refractivity contribution is 5.19. The average Bonchev–Trinajstić information content (AvgIpc) is 2.96. The first-order valence-electron chi connectivity index (χ1n) is 8.54. The van der Waals surface area contributed by atoms with Crippen LogP contribution in [0.5, 0.6) is 0 Å². The summed E-state index contributed by atoms with van der Waals surface area (Å²) in [5, 5.41) is 8.64. The van der Waals surface area contributed by atoms with Crippen LogP contribution in [0.2, 0.25) is 0 Å². The van der Waals surface area contributed by atoms with Crippen molar-refractivity contribution in [3.8, 4) is 0 Å². The molecule has 0 radical (unpaired) electrons. The van der Waals surface area contributed by atoms with E-state index in [2.05, 4.69) is 46.3 Å². The van der Waals surface area contributed by atoms with Gasteiger partial charge in [0.05, 0.1) is 24.9 Å². The lowest BCUT2D eigenvalue weighted by atomic mass is 10.0. The molecule has 0 saturated heterocycles. The SMILES string of the molecule is CN(C)CCN1CCc2c(nnn2C)[C@H]1COCc1ccccc1. The molecule has 0 unspecified atom stereocenters. The second-order valence-corrected chi connectivity index (χ2v) is 6.65. The predicted molar refractivity (Wildman–Crippen MR) is 93.7 cm³/mol. The molecule has 0 fully saturated rings. The van der Waals surface area contributed by atoms with E-state index >= 15 is 0 Å². The van der Waals surface area contributed by atoms with E-state index in [-0.39, 0.29) is 6.04 Å². The third kappa shape index (κ3) is 4.01. The van der Waals surface area contributed by atoms with Crippen LogP contribution in [0.3, 0.4) is 0 Å². The van der Waals surface area contributed by atoms with Crippen molar-refractivity contribution in [2.45, 2.75) is 19.1 Å². The van der Waals surface area contributed by atoms with Crippen LogP contribution in [0.15, 0.2) is 30.3 Å². The highest BCUT2D eigenvalue weighted by Crippen LogP contribution is 2.28. The van der Waals surface area contributed by atoms with E-state index in [4.69, 9.17) is 4.74 Å². The maximum atomic E-state index is 6.03. The third-order valence-electron chi connectivity index (χ3n) is 4.59. The van der Waals surface area contributed by atoms with Crippen LogP contribution < -0.4 is 0 Å². The minimum absolute atomic E-state index is 0.186. The van der Waals surface area contributed by atoms with Crippen molar-refractivity contribution in [3.63, 3.8) is 0 Å². The Hall–Kier alpha value is -1.76. The molecule has 0 saturated carbocycles. The quantitative estimate of drug-likeness (QED) is 0.770. The molecule has 1 aromatic heterocycles. The first kappa shape index (κ1) is 17.1. The van der Waals surface area contributed by atoms with Gasteiger partial charge < -0.3 is 9.64 Å². The molecule has 130 valence electrons. The van der Waals surface area contributed by atoms with Gasteiger partial charge in [0.1, 0.15) is 5.69 Å². The van der Waals surface area contributed by atoms with Gasteiger partial charge in [0, 0.05) is 33.1 Å². The molecule has 0 spiro atoms. The summed E-state index contributed by atoms with van der Waals surface area (Å²) < 4.78 is 7.94. The van der Waals surface area contributed by atoms with E-state index in [0.29, 0.717) is 13.2 Å². The van der Waals surface area contributed by atoms with E-state index in [0.717, 1.165) is 31.7 Å². The van der Waals surface area contributed by atoms with E-state index in [9.17, 15) is 0 Å². The fraction of sp³-hybridized carbons (Fsp3) is 0.556. The summed E-state index contributed by atoms with van der Waals surface area (Å²) in [7, 11) is 6.19. The normalized spacial score (nSPS) is 18.1. The number of hydrogen-bond donors (Lipinski definition) is 0. The summed E-state index contributed by atoms with van der Waals surface area (Å²) in [6.45, 7) is 4.36. The maximum Gasteiger partial charge on any atom is 0.105 e. The molecule has 2 heterocycles. The number of nitrogens with zero attached hydrogens (tertiary/aromatic N) is 5. The molecule has 1 aliphatic rings. The van der Waals surface area contributed by atoms with Gasteiger partial charge in [0.2, 0.25) is 0 Å². The predicted octanol–water partition coefficient (Wildman–Crippen LogP) is 1.49. The minimum Gasteiger partial charge on any atom is -0.375 e. The summed E-state index contributed by atoms with van der Waals surface area (Å²) in [6, 6.07) is 10.5. The van der Waals surface area contributed by atoms with Gasteiger partial charge in [-0.1, -0.05) is 35.5 Å². The van der Waals surface area contributed by atoms with Crippen molar-refractivity contribution in [1.82, 2.24) is 24.8 Å². The molecule has 2 aromatic rings. The van der Waals surface area contributed by atoms with Crippen molar-refractivity contribution in [1.29, 1.82) is 0 Å². The summed E-state index contributed by atoms with van der Waals surface area (Å²) in [6.07, 6.45) is 1.00. The van der Waals surface area contributed by atoms with Crippen molar-refractivity contribution in [3.05, 3.63) is 47.3 Å². The van der Waals surface area contributed by atoms with Gasteiger partial charge in [0.25, 0.3) is 0 Å². The minimum atomic E-state index is 0.186. The van der Waals surface area contributed by atoms with Gasteiger partial charge >= 0.3 is 0 Å². The molecular formula is C18H27N5O. The lowest BCUT2D eigenvalue weighted by molar-refractivity contribution is 0.0400. The maximum absolute atomic E-state index is 6.03. The zero-order valence-corrected chi connectivity index (χ0v) is 14.9. The number of fused-ring (bicyclic) bond motifs is 1. The molecule has 0 bridgehead atoms. The highest BCUT2D eigenvalue weighted by Gasteiger charge is 2.31. The summed E-state index contributed by atoms with van der Waals surface area (Å²) in [5.74, 6) is 0. The molecule has 6 heteroatoms. The molecule has 0 N–H and O–H groups in total. The lowest BCUT2D eigenvalue weighted by Gasteiger charge is -2.35. The van der Waals surface area contributed by atoms with Crippen LogP contribution in [0.25, 0.3) is 0 Å². The van der Waals surface area contributed by atoms with Crippen molar-refractivity contribution in [2.24, 2.45) is 7.05 Å². The van der Waals surface area contributed by atoms with Crippen molar-refractivity contribution in [2.75, 3.05) is 40.3 Å². The Morgan fingerprint density at radius 3 is 2.79 bits per heavy atom. The Labute approximate surface area is 144 Å². The average molecular weight is 329 g/mol. The van der Waals surface area contributed by atoms with Crippen LogP contribution in [-0.4, -0.2) is 65.1 Å². The molecule has 1 aromatic carbocycles. The van der Waals surface area contributed by atoms with Gasteiger partial charge in [0.15, 0.2) is 0 Å². The number of rotatable bonds is 7. The Bertz CT molecular complexity index is 640. The van der Waals surface area contributed by atoms with Gasteiger partial charge in [-0.25, -0.2) is 0 Å². The van der Waals surface area contributed by atoms with Crippen LogP contribution in [0.1, 0.15) is 23.0 Å². The van der Waals surface area contributed by atoms with Gasteiger partial charge in [-0.2, -0.15) is 0 Å². The van der Waals surface area contributed by atoms with Crippen LogP contribution in [0, 0.1) is 0 Å². The zero-order valence-electron chi connectivity index (χ0n) is 14.9. The van der Waals surface area contributed by atoms with Gasteiger partial charge in [-0.3, -0.25) is 9.58 Å². The molecule has 24 heavy (non-hydrogen) atoms. The zero-order chi connectivity index (χ0) is 16.9.